The summed E-state index contributed by atoms with van der Waals surface area (Å²) in [5.74, 6) is -0.250. The molecule has 0 bridgehead atoms. The summed E-state index contributed by atoms with van der Waals surface area (Å²) in [7, 11) is -1.97. The van der Waals surface area contributed by atoms with E-state index in [1.54, 1.807) is 0 Å². The number of hydrogen-bond donors (Lipinski definition) is 1. The molecule has 0 aromatic heterocycles. The van der Waals surface area contributed by atoms with Gasteiger partial charge in [0, 0.05) is 11.3 Å². The van der Waals surface area contributed by atoms with Crippen molar-refractivity contribution in [1.29, 1.82) is 0 Å². The Bertz CT molecular complexity index is 445. The highest BCUT2D eigenvalue weighted by molar-refractivity contribution is 7.85. The van der Waals surface area contributed by atoms with E-state index in [9.17, 15) is 13.0 Å². The topological polar surface area (TPSA) is 61.6 Å². The van der Waals surface area contributed by atoms with Gasteiger partial charge in [-0.05, 0) is 19.8 Å². The smallest absolute Gasteiger partial charge is 0.110 e. The van der Waals surface area contributed by atoms with Gasteiger partial charge in [0.25, 0.3) is 0 Å². The second kappa shape index (κ2) is 6.87. The van der Waals surface area contributed by atoms with Crippen LogP contribution in [0.3, 0.4) is 0 Å². The summed E-state index contributed by atoms with van der Waals surface area (Å²) in [4.78, 5) is 1.32. The predicted octanol–water partition coefficient (Wildman–Crippen LogP) is 0.588. The van der Waals surface area contributed by atoms with Gasteiger partial charge in [-0.25, -0.2) is 8.42 Å². The zero-order chi connectivity index (χ0) is 13.6. The largest absolute Gasteiger partial charge is 0.748 e. The Kier molecular flexibility index (Phi) is 5.78. The van der Waals surface area contributed by atoms with Crippen molar-refractivity contribution >= 4 is 10.1 Å². The molecule has 0 saturated heterocycles. The fourth-order valence-corrected chi connectivity index (χ4v) is 2.48. The van der Waals surface area contributed by atoms with E-state index in [4.69, 9.17) is 0 Å². The van der Waals surface area contributed by atoms with Gasteiger partial charge in [-0.2, -0.15) is 0 Å². The maximum absolute atomic E-state index is 10.5. The monoisotopic (exact) mass is 271 g/mol. The molecule has 0 amide bonds. The molecule has 2 atom stereocenters. The zero-order valence-electron chi connectivity index (χ0n) is 10.9. The first-order valence-corrected chi connectivity index (χ1v) is 7.78. The van der Waals surface area contributed by atoms with E-state index in [0.29, 0.717) is 12.5 Å². The number of quaternary nitrogens is 1. The number of rotatable bonds is 7. The van der Waals surface area contributed by atoms with E-state index in [-0.39, 0.29) is 5.75 Å². The minimum Gasteiger partial charge on any atom is -0.748 e. The third-order valence-corrected chi connectivity index (χ3v) is 4.04. The van der Waals surface area contributed by atoms with Gasteiger partial charge in [0.1, 0.15) is 6.04 Å². The minimum absolute atomic E-state index is 0.250. The maximum Gasteiger partial charge on any atom is 0.110 e. The number of unbranched alkanes of at least 4 members (excludes halogenated alkanes) is 1. The van der Waals surface area contributed by atoms with E-state index in [1.165, 1.54) is 10.5 Å². The van der Waals surface area contributed by atoms with Gasteiger partial charge < -0.3 is 9.45 Å². The SMILES string of the molecule is C[C@@H](c1ccccc1)[NH+](C)CCCCS(=O)(=O)[O-]. The Morgan fingerprint density at radius 2 is 1.83 bits per heavy atom. The van der Waals surface area contributed by atoms with Crippen LogP contribution in [0.4, 0.5) is 0 Å². The lowest BCUT2D eigenvalue weighted by Gasteiger charge is -2.22. The van der Waals surface area contributed by atoms with E-state index in [0.717, 1.165) is 13.0 Å². The standard InChI is InChI=1S/C13H21NO3S/c1-12(13-8-4-3-5-9-13)14(2)10-6-7-11-18(15,16)17/h3-5,8-9,12H,6-7,10-11H2,1-2H3,(H,15,16,17)/t12-/m0/s1. The summed E-state index contributed by atoms with van der Waals surface area (Å²) in [6, 6.07) is 10.6. The van der Waals surface area contributed by atoms with Crippen molar-refractivity contribution in [2.75, 3.05) is 19.3 Å². The molecule has 0 heterocycles. The third-order valence-electron chi connectivity index (χ3n) is 3.25. The molecule has 102 valence electrons. The molecule has 0 aliphatic carbocycles. The second-order valence-corrected chi connectivity index (χ2v) is 6.22. The summed E-state index contributed by atoms with van der Waals surface area (Å²) in [5, 5.41) is 0. The Balaban J connectivity index is 2.35. The normalized spacial score (nSPS) is 15.3. The van der Waals surface area contributed by atoms with Crippen molar-refractivity contribution in [3.8, 4) is 0 Å². The first-order valence-electron chi connectivity index (χ1n) is 6.21. The fraction of sp³-hybridized carbons (Fsp3) is 0.538. The molecule has 5 heteroatoms. The first kappa shape index (κ1) is 15.1. The Morgan fingerprint density at radius 3 is 2.39 bits per heavy atom. The summed E-state index contributed by atoms with van der Waals surface area (Å²) in [6.45, 7) is 3.01. The first-order chi connectivity index (χ1) is 8.40. The molecule has 1 N–H and O–H groups in total. The second-order valence-electron chi connectivity index (χ2n) is 4.70. The van der Waals surface area contributed by atoms with Crippen LogP contribution in [0, 0.1) is 0 Å². The van der Waals surface area contributed by atoms with Gasteiger partial charge >= 0.3 is 0 Å². The van der Waals surface area contributed by atoms with E-state index in [1.807, 2.05) is 18.2 Å². The summed E-state index contributed by atoms with van der Waals surface area (Å²) in [6.07, 6.45) is 1.20. The van der Waals surface area contributed by atoms with Crippen molar-refractivity contribution in [3.05, 3.63) is 35.9 Å². The van der Waals surface area contributed by atoms with Gasteiger partial charge in [-0.1, -0.05) is 30.3 Å². The Labute approximate surface area is 109 Å². The van der Waals surface area contributed by atoms with Crippen LogP contribution in [-0.4, -0.2) is 32.3 Å². The maximum atomic E-state index is 10.5. The van der Waals surface area contributed by atoms with Crippen molar-refractivity contribution in [3.63, 3.8) is 0 Å². The molecular weight excluding hydrogens is 250 g/mol. The number of hydrogen-bond acceptors (Lipinski definition) is 3. The average Bonchev–Trinajstić information content (AvgIpc) is 2.33. The molecule has 18 heavy (non-hydrogen) atoms. The number of nitrogens with one attached hydrogen (secondary N) is 1. The van der Waals surface area contributed by atoms with E-state index in [2.05, 4.69) is 26.1 Å². The van der Waals surface area contributed by atoms with Crippen LogP contribution in [0.5, 0.6) is 0 Å². The third kappa shape index (κ3) is 5.62. The molecule has 0 aliphatic heterocycles. The van der Waals surface area contributed by atoms with Crippen LogP contribution in [0.15, 0.2) is 30.3 Å². The van der Waals surface area contributed by atoms with Crippen LogP contribution in [-0.2, 0) is 10.1 Å². The van der Waals surface area contributed by atoms with Crippen LogP contribution in [0.25, 0.3) is 0 Å². The van der Waals surface area contributed by atoms with Crippen LogP contribution < -0.4 is 4.90 Å². The van der Waals surface area contributed by atoms with Crippen molar-refractivity contribution in [1.82, 2.24) is 0 Å². The molecule has 4 nitrogen and oxygen atoms in total. The molecule has 0 fully saturated rings. The lowest BCUT2D eigenvalue weighted by atomic mass is 10.1. The summed E-state index contributed by atoms with van der Waals surface area (Å²) < 4.78 is 31.4. The highest BCUT2D eigenvalue weighted by Crippen LogP contribution is 2.07. The lowest BCUT2D eigenvalue weighted by molar-refractivity contribution is -0.910. The Hall–Kier alpha value is -0.910. The van der Waals surface area contributed by atoms with Crippen LogP contribution >= 0.6 is 0 Å². The molecule has 1 aromatic carbocycles. The predicted molar refractivity (Wildman–Crippen MR) is 70.4 cm³/mol. The van der Waals surface area contributed by atoms with Gasteiger partial charge in [0.15, 0.2) is 0 Å². The zero-order valence-corrected chi connectivity index (χ0v) is 11.7. The van der Waals surface area contributed by atoms with Gasteiger partial charge in [0.05, 0.1) is 23.7 Å². The van der Waals surface area contributed by atoms with Crippen LogP contribution in [0.2, 0.25) is 0 Å². The minimum atomic E-state index is -4.05. The van der Waals surface area contributed by atoms with Gasteiger partial charge in [-0.15, -0.1) is 0 Å². The highest BCUT2D eigenvalue weighted by atomic mass is 32.2. The van der Waals surface area contributed by atoms with Crippen molar-refractivity contribution in [2.24, 2.45) is 0 Å². The summed E-state index contributed by atoms with van der Waals surface area (Å²) >= 11 is 0. The summed E-state index contributed by atoms with van der Waals surface area (Å²) in [5.41, 5.74) is 1.27. The van der Waals surface area contributed by atoms with E-state index >= 15 is 0 Å². The Morgan fingerprint density at radius 1 is 1.22 bits per heavy atom. The highest BCUT2D eigenvalue weighted by Gasteiger charge is 2.14. The molecule has 0 spiro atoms. The average molecular weight is 271 g/mol. The quantitative estimate of drug-likeness (QED) is 0.583. The molecule has 1 aromatic rings. The lowest BCUT2D eigenvalue weighted by Crippen LogP contribution is -3.09. The molecule has 0 aliphatic rings. The van der Waals surface area contributed by atoms with Crippen molar-refractivity contribution < 1.29 is 17.9 Å². The molecule has 1 unspecified atom stereocenters. The van der Waals surface area contributed by atoms with Crippen molar-refractivity contribution in [2.45, 2.75) is 25.8 Å². The number of benzene rings is 1. The molecular formula is C13H21NO3S. The molecule has 1 rings (SSSR count). The fourth-order valence-electron chi connectivity index (χ4n) is 1.93. The van der Waals surface area contributed by atoms with Gasteiger partial charge in [0.2, 0.25) is 0 Å². The molecule has 0 radical (unpaired) electrons. The molecule has 0 saturated carbocycles. The van der Waals surface area contributed by atoms with E-state index < -0.39 is 10.1 Å². The van der Waals surface area contributed by atoms with Crippen LogP contribution in [0.1, 0.15) is 31.4 Å². The van der Waals surface area contributed by atoms with Gasteiger partial charge in [-0.3, -0.25) is 0 Å².